The standard InChI is InChI=1S/C22H16N2O6/c1-11-3-8-14-16(9-11)29-10-15(19(14)25)18-17-20(30-23-18)22(27)24(21(17)26)12-4-6-13(28-2)7-5-12/h3-10,17,20H,1-2H3. The van der Waals surface area contributed by atoms with Crippen molar-refractivity contribution in [2.45, 2.75) is 13.0 Å². The lowest BCUT2D eigenvalue weighted by molar-refractivity contribution is -0.126. The molecule has 0 N–H and O–H groups in total. The van der Waals surface area contributed by atoms with E-state index in [0.29, 0.717) is 22.4 Å². The zero-order chi connectivity index (χ0) is 21.0. The number of carbonyl (C=O) groups is 2. The number of ether oxygens (including phenoxy) is 1. The van der Waals surface area contributed by atoms with Crippen LogP contribution in [0.4, 0.5) is 5.69 Å². The van der Waals surface area contributed by atoms with Crippen molar-refractivity contribution in [3.05, 3.63) is 70.1 Å². The van der Waals surface area contributed by atoms with Gasteiger partial charge >= 0.3 is 0 Å². The van der Waals surface area contributed by atoms with Gasteiger partial charge in [-0.15, -0.1) is 0 Å². The maximum atomic E-state index is 13.1. The molecule has 0 spiro atoms. The fourth-order valence-electron chi connectivity index (χ4n) is 3.80. The summed E-state index contributed by atoms with van der Waals surface area (Å²) in [5.41, 5.74) is 1.66. The van der Waals surface area contributed by atoms with Crippen LogP contribution in [0.3, 0.4) is 0 Å². The summed E-state index contributed by atoms with van der Waals surface area (Å²) in [4.78, 5) is 45.3. The van der Waals surface area contributed by atoms with Gasteiger partial charge in [-0.2, -0.15) is 0 Å². The molecule has 2 amide bonds. The Morgan fingerprint density at radius 2 is 1.80 bits per heavy atom. The number of amides is 2. The number of imide groups is 1. The molecule has 2 aliphatic rings. The Labute approximate surface area is 170 Å². The molecule has 2 atom stereocenters. The first-order valence-electron chi connectivity index (χ1n) is 9.27. The highest BCUT2D eigenvalue weighted by Crippen LogP contribution is 2.35. The number of carbonyl (C=O) groups excluding carboxylic acids is 2. The highest BCUT2D eigenvalue weighted by atomic mass is 16.7. The molecule has 5 rings (SSSR count). The zero-order valence-electron chi connectivity index (χ0n) is 16.1. The molecule has 8 nitrogen and oxygen atoms in total. The summed E-state index contributed by atoms with van der Waals surface area (Å²) in [6.07, 6.45) is 0.158. The number of hydrogen-bond acceptors (Lipinski definition) is 7. The quantitative estimate of drug-likeness (QED) is 0.622. The molecular formula is C22H16N2O6. The summed E-state index contributed by atoms with van der Waals surface area (Å²) >= 11 is 0. The van der Waals surface area contributed by atoms with Crippen molar-refractivity contribution in [1.29, 1.82) is 0 Å². The van der Waals surface area contributed by atoms with Gasteiger partial charge in [-0.3, -0.25) is 14.4 Å². The Balaban J connectivity index is 1.54. The molecule has 1 fully saturated rings. The van der Waals surface area contributed by atoms with Gasteiger partial charge in [-0.05, 0) is 48.9 Å². The van der Waals surface area contributed by atoms with Gasteiger partial charge in [0.1, 0.15) is 29.2 Å². The molecule has 8 heteroatoms. The van der Waals surface area contributed by atoms with Crippen molar-refractivity contribution in [3.8, 4) is 5.75 Å². The average Bonchev–Trinajstić information content (AvgIpc) is 3.28. The van der Waals surface area contributed by atoms with Crippen LogP contribution in [0.1, 0.15) is 11.1 Å². The Morgan fingerprint density at radius 3 is 2.53 bits per heavy atom. The number of aryl methyl sites for hydroxylation is 1. The SMILES string of the molecule is COc1ccc(N2C(=O)C3ON=C(c4coc5cc(C)ccc5c4=O)C3C2=O)cc1. The van der Waals surface area contributed by atoms with Gasteiger partial charge in [0.05, 0.1) is 23.7 Å². The third-order valence-corrected chi connectivity index (χ3v) is 5.35. The number of oxime groups is 1. The van der Waals surface area contributed by atoms with Crippen LogP contribution < -0.4 is 15.1 Å². The molecule has 2 aromatic carbocycles. The van der Waals surface area contributed by atoms with Crippen LogP contribution in [0.25, 0.3) is 11.0 Å². The Bertz CT molecular complexity index is 1290. The Hall–Kier alpha value is -3.94. The Kier molecular flexibility index (Phi) is 3.95. The van der Waals surface area contributed by atoms with E-state index in [4.69, 9.17) is 14.0 Å². The van der Waals surface area contributed by atoms with Crippen molar-refractivity contribution in [1.82, 2.24) is 0 Å². The molecule has 0 saturated carbocycles. The fourth-order valence-corrected chi connectivity index (χ4v) is 3.80. The van der Waals surface area contributed by atoms with Gasteiger partial charge in [0, 0.05) is 0 Å². The summed E-state index contributed by atoms with van der Waals surface area (Å²) in [6.45, 7) is 1.89. The van der Waals surface area contributed by atoms with Crippen molar-refractivity contribution < 1.29 is 23.6 Å². The molecule has 150 valence electrons. The van der Waals surface area contributed by atoms with E-state index in [9.17, 15) is 14.4 Å². The molecule has 0 radical (unpaired) electrons. The maximum absolute atomic E-state index is 13.1. The second-order valence-electron chi connectivity index (χ2n) is 7.17. The van der Waals surface area contributed by atoms with Crippen LogP contribution in [0.5, 0.6) is 5.75 Å². The molecule has 1 aromatic heterocycles. The predicted octanol–water partition coefficient (Wildman–Crippen LogP) is 2.40. The van der Waals surface area contributed by atoms with Crippen LogP contribution >= 0.6 is 0 Å². The molecular weight excluding hydrogens is 388 g/mol. The van der Waals surface area contributed by atoms with Crippen LogP contribution in [0.15, 0.2) is 63.1 Å². The molecule has 30 heavy (non-hydrogen) atoms. The van der Waals surface area contributed by atoms with Gasteiger partial charge in [0.2, 0.25) is 17.4 Å². The smallest absolute Gasteiger partial charge is 0.278 e. The predicted molar refractivity (Wildman–Crippen MR) is 108 cm³/mol. The summed E-state index contributed by atoms with van der Waals surface area (Å²) in [5, 5.41) is 4.27. The molecule has 0 aliphatic carbocycles. The largest absolute Gasteiger partial charge is 0.497 e. The highest BCUT2D eigenvalue weighted by Gasteiger charge is 2.56. The third kappa shape index (κ3) is 2.53. The number of methoxy groups -OCH3 is 1. The summed E-state index contributed by atoms with van der Waals surface area (Å²) in [7, 11) is 1.53. The van der Waals surface area contributed by atoms with Crippen LogP contribution in [-0.2, 0) is 14.4 Å². The van der Waals surface area contributed by atoms with Gasteiger partial charge in [0.15, 0.2) is 0 Å². The maximum Gasteiger partial charge on any atom is 0.278 e. The molecule has 3 aromatic rings. The minimum absolute atomic E-state index is 0.102. The van der Waals surface area contributed by atoms with Gasteiger partial charge in [0.25, 0.3) is 5.91 Å². The first kappa shape index (κ1) is 18.1. The zero-order valence-corrected chi connectivity index (χ0v) is 16.1. The number of nitrogens with zero attached hydrogens (tertiary/aromatic N) is 2. The van der Waals surface area contributed by atoms with E-state index in [-0.39, 0.29) is 16.7 Å². The van der Waals surface area contributed by atoms with Gasteiger partial charge in [-0.25, -0.2) is 4.90 Å². The first-order valence-corrected chi connectivity index (χ1v) is 9.27. The van der Waals surface area contributed by atoms with Crippen LogP contribution in [0, 0.1) is 12.8 Å². The third-order valence-electron chi connectivity index (χ3n) is 5.35. The van der Waals surface area contributed by atoms with Gasteiger partial charge < -0.3 is 14.0 Å². The van der Waals surface area contributed by atoms with Crippen LogP contribution in [-0.4, -0.2) is 30.7 Å². The molecule has 2 unspecified atom stereocenters. The molecule has 3 heterocycles. The van der Waals surface area contributed by atoms with Gasteiger partial charge in [-0.1, -0.05) is 11.2 Å². The van der Waals surface area contributed by atoms with Crippen LogP contribution in [0.2, 0.25) is 0 Å². The highest BCUT2D eigenvalue weighted by molar-refractivity contribution is 6.32. The van der Waals surface area contributed by atoms with E-state index in [0.717, 1.165) is 10.5 Å². The lowest BCUT2D eigenvalue weighted by atomic mass is 9.94. The number of hydrogen-bond donors (Lipinski definition) is 0. The van der Waals surface area contributed by atoms with Crippen molar-refractivity contribution in [2.75, 3.05) is 12.0 Å². The number of rotatable bonds is 3. The van der Waals surface area contributed by atoms with E-state index in [1.165, 1.54) is 13.4 Å². The summed E-state index contributed by atoms with van der Waals surface area (Å²) < 4.78 is 10.7. The first-order chi connectivity index (χ1) is 14.5. The summed E-state index contributed by atoms with van der Waals surface area (Å²) in [6, 6.07) is 11.7. The summed E-state index contributed by atoms with van der Waals surface area (Å²) in [5.74, 6) is -1.45. The Morgan fingerprint density at radius 1 is 1.03 bits per heavy atom. The molecule has 0 bridgehead atoms. The number of anilines is 1. The lowest BCUT2D eigenvalue weighted by Crippen LogP contribution is -2.33. The normalized spacial score (nSPS) is 20.3. The second-order valence-corrected chi connectivity index (χ2v) is 7.17. The lowest BCUT2D eigenvalue weighted by Gasteiger charge is -2.15. The minimum atomic E-state index is -1.11. The fraction of sp³-hybridized carbons (Fsp3) is 0.182. The number of benzene rings is 2. The van der Waals surface area contributed by atoms with E-state index < -0.39 is 23.8 Å². The topological polar surface area (TPSA) is 98.4 Å². The molecule has 1 saturated heterocycles. The van der Waals surface area contributed by atoms with Crippen molar-refractivity contribution >= 4 is 34.2 Å². The minimum Gasteiger partial charge on any atom is -0.497 e. The molecule has 2 aliphatic heterocycles. The van der Waals surface area contributed by atoms with Crippen molar-refractivity contribution in [3.63, 3.8) is 0 Å². The monoisotopic (exact) mass is 404 g/mol. The van der Waals surface area contributed by atoms with E-state index in [1.54, 1.807) is 42.5 Å². The second kappa shape index (κ2) is 6.55. The average molecular weight is 404 g/mol. The van der Waals surface area contributed by atoms with Crippen molar-refractivity contribution in [2.24, 2.45) is 11.1 Å². The van der Waals surface area contributed by atoms with E-state index in [2.05, 4.69) is 5.16 Å². The van der Waals surface area contributed by atoms with E-state index in [1.807, 2.05) is 6.92 Å². The van der Waals surface area contributed by atoms with E-state index >= 15 is 0 Å². The number of fused-ring (bicyclic) bond motifs is 2.